The zero-order chi connectivity index (χ0) is 87.7. The van der Waals surface area contributed by atoms with Gasteiger partial charge in [0.25, 0.3) is 22.8 Å². The summed E-state index contributed by atoms with van der Waals surface area (Å²) in [5.74, 6) is 0.443. The molecule has 0 aliphatic rings. The highest BCUT2D eigenvalue weighted by atomic mass is 127. The predicted molar refractivity (Wildman–Crippen MR) is 465 cm³/mol. The van der Waals surface area contributed by atoms with Gasteiger partial charge >= 0.3 is 22.8 Å². The molecular formula is C78H79BrCl5IN28O9+4. The summed E-state index contributed by atoms with van der Waals surface area (Å²) < 4.78 is 25.0. The van der Waals surface area contributed by atoms with Gasteiger partial charge in [0.15, 0.2) is 43.2 Å². The number of nitrogen functional groups attached to an aromatic ring is 4. The standard InChI is InChI=1S/C20H22ClIN7O2.C20H21ClN7O3.C19H18BrClN7O2.C19H18Cl2N7O2/c1-12-10-29(31)14(13(2)15(12)22)11-28-18-16(17(21)24-19(23)25-18)27(20(28)30)9-5-8-26-6-3-4-7-26;1-11-8-28(30)14(12(2)16(11)31-3)10-27-18-15(17(21)24-19(22)25-18)26(20(27)29)9-13-6-4-5-7-23-13;2*1-10-7-28(30)13(11(2)14(10)20)9-27-17-15(16(21)24-18(22)25-17)26(19(27)29)8-12-5-3-4-6-23-12/h3-4,6-7,10,31H,5,8-9,11H2,1-2H3,(H2,23,24,25);4-8,30H,9-10H2,1-3H3,(H2,22,24,25);2*3-7,30H,8-9H2,1-2H3,(H2,22,24,25)/q4*+1. The molecule has 0 radical (unpaired) electrons. The molecule has 0 unspecified atom stereocenters. The van der Waals surface area contributed by atoms with E-state index in [-0.39, 0.29) is 124 Å². The van der Waals surface area contributed by atoms with E-state index >= 15 is 0 Å². The van der Waals surface area contributed by atoms with Crippen LogP contribution >= 0.6 is 96.5 Å². The summed E-state index contributed by atoms with van der Waals surface area (Å²) in [4.78, 5) is 99.4. The van der Waals surface area contributed by atoms with Crippen molar-refractivity contribution in [1.82, 2.24) is 95.9 Å². The van der Waals surface area contributed by atoms with Crippen LogP contribution in [-0.2, 0) is 58.9 Å². The van der Waals surface area contributed by atoms with Gasteiger partial charge in [0.1, 0.15) is 54.0 Å². The molecule has 12 N–H and O–H groups in total. The van der Waals surface area contributed by atoms with E-state index in [0.29, 0.717) is 102 Å². The zero-order valence-corrected chi connectivity index (χ0v) is 74.2. The molecule has 37 nitrogen and oxygen atoms in total. The molecular weight excluding hydrogens is 1860 g/mol. The number of pyridine rings is 7. The maximum atomic E-state index is 13.4. The molecule has 122 heavy (non-hydrogen) atoms. The van der Waals surface area contributed by atoms with Crippen LogP contribution in [0.3, 0.4) is 0 Å². The summed E-state index contributed by atoms with van der Waals surface area (Å²) in [6, 6.07) is 20.2. The summed E-state index contributed by atoms with van der Waals surface area (Å²) in [6.45, 7) is 16.6. The molecule has 44 heteroatoms. The van der Waals surface area contributed by atoms with Crippen LogP contribution in [-0.4, -0.2) is 124 Å². The van der Waals surface area contributed by atoms with Crippen LogP contribution in [0.15, 0.2) is 146 Å². The minimum atomic E-state index is -0.395. The average molecular weight is 1940 g/mol. The van der Waals surface area contributed by atoms with Crippen LogP contribution in [0.1, 0.15) is 90.8 Å². The number of hydrogen-bond donors (Lipinski definition) is 8. The van der Waals surface area contributed by atoms with E-state index in [0.717, 1.165) is 67.7 Å². The average Bonchev–Trinajstić information content (AvgIpc) is 1.58. The summed E-state index contributed by atoms with van der Waals surface area (Å²) in [5, 5.41) is 42.7. The number of ether oxygens (including phenoxy) is 1. The van der Waals surface area contributed by atoms with Crippen molar-refractivity contribution in [2.24, 2.45) is 0 Å². The number of aromatic nitrogens is 24. The number of aryl methyl sites for hydroxylation is 6. The molecule has 0 saturated heterocycles. The Kier molecular flexibility index (Phi) is 26.1. The van der Waals surface area contributed by atoms with Crippen molar-refractivity contribution in [2.75, 3.05) is 30.0 Å². The summed E-state index contributed by atoms with van der Waals surface area (Å²) in [7, 11) is 1.55. The first kappa shape index (κ1) is 87.4. The molecule has 0 bridgehead atoms. The Morgan fingerprint density at radius 2 is 0.730 bits per heavy atom. The van der Waals surface area contributed by atoms with Gasteiger partial charge < -0.3 is 32.2 Å². The van der Waals surface area contributed by atoms with Gasteiger partial charge in [0, 0.05) is 104 Å². The normalized spacial score (nSPS) is 11.3. The first-order valence-corrected chi connectivity index (χ1v) is 40.9. The molecule has 0 aromatic carbocycles. The van der Waals surface area contributed by atoms with Gasteiger partial charge in [0.2, 0.25) is 48.6 Å². The van der Waals surface area contributed by atoms with E-state index in [2.05, 4.69) is 93.3 Å². The number of nitrogens with zero attached hydrogens (tertiary/aromatic N) is 24. The quantitative estimate of drug-likeness (QED) is 0.0163. The van der Waals surface area contributed by atoms with E-state index in [1.54, 1.807) is 86.8 Å². The number of nitrogens with two attached hydrogens (primary N) is 4. The van der Waals surface area contributed by atoms with Crippen molar-refractivity contribution < 1.29 is 44.5 Å². The molecule has 16 aromatic heterocycles. The summed E-state index contributed by atoms with van der Waals surface area (Å²) in [5.41, 5.74) is 34.7. The largest absolute Gasteiger partial charge is 0.496 e. The molecule has 16 rings (SSSR count). The Morgan fingerprint density at radius 3 is 1.10 bits per heavy atom. The number of hydrogen-bond acceptors (Lipinski definition) is 24. The minimum absolute atomic E-state index is 0.000330. The molecule has 0 amide bonds. The Balaban J connectivity index is 0.000000140. The molecule has 16 aromatic rings. The number of imidazole rings is 4. The van der Waals surface area contributed by atoms with Gasteiger partial charge in [-0.15, -0.1) is 0 Å². The lowest BCUT2D eigenvalue weighted by Crippen LogP contribution is -2.39. The zero-order valence-electron chi connectivity index (χ0n) is 66.6. The van der Waals surface area contributed by atoms with Gasteiger partial charge in [-0.1, -0.05) is 76.2 Å². The van der Waals surface area contributed by atoms with Gasteiger partial charge in [-0.3, -0.25) is 72.3 Å². The fourth-order valence-corrected chi connectivity index (χ4v) is 16.2. The van der Waals surface area contributed by atoms with Gasteiger partial charge in [-0.05, 0) is 149 Å². The van der Waals surface area contributed by atoms with Crippen LogP contribution in [0.4, 0.5) is 23.8 Å². The Labute approximate surface area is 738 Å². The number of halogens is 7. The summed E-state index contributed by atoms with van der Waals surface area (Å²) in [6.07, 6.45) is 15.8. The Hall–Kier alpha value is -12.4. The topological polar surface area (TPSA) is 464 Å². The number of methoxy groups -OCH3 is 1. The second kappa shape index (κ2) is 36.5. The maximum Gasteiger partial charge on any atom is 0.331 e. The molecule has 16 heterocycles. The third-order valence-corrected chi connectivity index (χ3v) is 24.7. The van der Waals surface area contributed by atoms with Crippen LogP contribution in [0.5, 0.6) is 5.75 Å². The Morgan fingerprint density at radius 1 is 0.402 bits per heavy atom. The van der Waals surface area contributed by atoms with E-state index in [9.17, 15) is 40.0 Å². The highest BCUT2D eigenvalue weighted by Gasteiger charge is 2.32. The van der Waals surface area contributed by atoms with Crippen LogP contribution in [0.2, 0.25) is 25.6 Å². The first-order chi connectivity index (χ1) is 58.1. The van der Waals surface area contributed by atoms with Crippen LogP contribution < -0.4 is 69.4 Å². The van der Waals surface area contributed by atoms with Crippen molar-refractivity contribution in [2.45, 2.75) is 121 Å². The monoisotopic (exact) mass is 1930 g/mol. The molecule has 0 fully saturated rings. The SMILES string of the molecule is COc1c(C)c[n+](O)c(Cn2c(=O)n(Cc3ccccn3)c3c(Cl)nc(N)nc32)c1C.Cc1c[n+](O)c(Cn2c(=O)n(CCCn3cccc3)c3c(Cl)nc(N)nc32)c(C)c1I.Cc1c[n+](O)c(Cn2c(=O)n(Cc3ccccn3)c3c(Cl)nc(N)nc32)c(C)c1Br.Cc1c[n+](O)c(Cn2c(=O)n(Cc3ccccn3)c3c(Cl)nc(N)nc32)c(C)c1Cl. The molecule has 0 atom stereocenters. The van der Waals surface area contributed by atoms with Gasteiger partial charge in [-0.25, -0.2) is 19.2 Å². The van der Waals surface area contributed by atoms with Crippen molar-refractivity contribution in [3.05, 3.63) is 282 Å². The highest BCUT2D eigenvalue weighted by Crippen LogP contribution is 2.31. The Bertz CT molecular complexity index is 6800. The lowest BCUT2D eigenvalue weighted by Gasteiger charge is -2.09. The van der Waals surface area contributed by atoms with Gasteiger partial charge in [0.05, 0.1) is 60.0 Å². The molecule has 0 aliphatic carbocycles. The molecule has 630 valence electrons. The smallest absolute Gasteiger partial charge is 0.331 e. The third-order valence-electron chi connectivity index (χ3n) is 20.2. The second-order valence-electron chi connectivity index (χ2n) is 28.2. The third kappa shape index (κ3) is 17.7. The fraction of sp³-hybridized carbons (Fsp3) is 0.244. The fourth-order valence-electron chi connectivity index (χ4n) is 14.2. The number of fused-ring (bicyclic) bond motifs is 4. The lowest BCUT2D eigenvalue weighted by molar-refractivity contribution is -0.910. The number of rotatable bonds is 19. The van der Waals surface area contributed by atoms with Crippen molar-refractivity contribution in [3.8, 4) is 5.75 Å². The molecule has 0 spiro atoms. The molecule has 0 saturated carbocycles. The van der Waals surface area contributed by atoms with Crippen molar-refractivity contribution in [1.29, 1.82) is 0 Å². The number of anilines is 4. The predicted octanol–water partition coefficient (Wildman–Crippen LogP) is 8.32. The van der Waals surface area contributed by atoms with E-state index in [1.807, 2.05) is 94.9 Å². The summed E-state index contributed by atoms with van der Waals surface area (Å²) >= 11 is 37.5. The second-order valence-corrected chi connectivity index (χ2v) is 31.9. The minimum Gasteiger partial charge on any atom is -0.496 e. The first-order valence-electron chi connectivity index (χ1n) is 37.1. The van der Waals surface area contributed by atoms with Crippen LogP contribution in [0.25, 0.3) is 44.7 Å². The van der Waals surface area contributed by atoms with Crippen LogP contribution in [0, 0.1) is 59.0 Å². The van der Waals surface area contributed by atoms with Gasteiger partial charge in [-0.2, -0.15) is 39.9 Å². The highest BCUT2D eigenvalue weighted by molar-refractivity contribution is 14.1. The van der Waals surface area contributed by atoms with Crippen molar-refractivity contribution in [3.63, 3.8) is 0 Å². The van der Waals surface area contributed by atoms with Crippen molar-refractivity contribution >= 4 is 165 Å². The molecule has 0 aliphatic heterocycles. The van der Waals surface area contributed by atoms with E-state index in [4.69, 9.17) is 85.7 Å². The van der Waals surface area contributed by atoms with E-state index in [1.165, 1.54) is 44.4 Å². The maximum absolute atomic E-state index is 13.4. The lowest BCUT2D eigenvalue weighted by atomic mass is 10.1. The van der Waals surface area contributed by atoms with E-state index < -0.39 is 5.69 Å².